The van der Waals surface area contributed by atoms with Crippen LogP contribution in [0.15, 0.2) is 72.0 Å². The van der Waals surface area contributed by atoms with Gasteiger partial charge in [0.2, 0.25) is 5.91 Å². The van der Waals surface area contributed by atoms with Gasteiger partial charge in [0.05, 0.1) is 48.4 Å². The quantitative estimate of drug-likeness (QED) is 0.279. The summed E-state index contributed by atoms with van der Waals surface area (Å²) in [6, 6.07) is 13.2. The van der Waals surface area contributed by atoms with Gasteiger partial charge in [0.25, 0.3) is 0 Å². The maximum absolute atomic E-state index is 12.0. The van der Waals surface area contributed by atoms with Crippen molar-refractivity contribution in [2.24, 2.45) is 23.7 Å². The monoisotopic (exact) mass is 561 g/mol. The van der Waals surface area contributed by atoms with Crippen LogP contribution >= 0.6 is 0 Å². The second-order valence-electron chi connectivity index (χ2n) is 11.5. The molecular weight excluding hydrogens is 522 g/mol. The minimum Gasteiger partial charge on any atom is -0.481 e. The molecule has 0 spiro atoms. The van der Waals surface area contributed by atoms with Crippen LogP contribution in [0.25, 0.3) is 10.9 Å². The number of fused-ring (bicyclic) bond motifs is 4. The average Bonchev–Trinajstić information content (AvgIpc) is 3.51. The highest BCUT2D eigenvalue weighted by atomic mass is 16.4. The number of para-hydroxylation sites is 1. The number of β-lactam (4-membered cyclic amide) rings is 1. The lowest BCUT2D eigenvalue weighted by Gasteiger charge is -2.50. The van der Waals surface area contributed by atoms with Crippen LogP contribution in [0.4, 0.5) is 0 Å². The van der Waals surface area contributed by atoms with Gasteiger partial charge in [0, 0.05) is 24.2 Å². The van der Waals surface area contributed by atoms with Gasteiger partial charge in [-0.2, -0.15) is 0 Å². The largest absolute Gasteiger partial charge is 0.481 e. The third kappa shape index (κ3) is 5.66. The number of likely N-dealkylation sites (tertiary alicyclic amines) is 1. The molecule has 0 saturated carbocycles. The van der Waals surface area contributed by atoms with Crippen LogP contribution in [0.2, 0.25) is 0 Å². The van der Waals surface area contributed by atoms with Crippen molar-refractivity contribution in [2.45, 2.75) is 57.5 Å². The molecule has 1 amide bonds. The number of carbonyl (C=O) groups is 2. The molecule has 4 saturated heterocycles. The number of hydrogen-bond donors (Lipinski definition) is 3. The molecule has 3 N–H and O–H groups in total. The van der Waals surface area contributed by atoms with E-state index in [-0.39, 0.29) is 18.5 Å². The predicted octanol–water partition coefficient (Wildman–Crippen LogP) is 3.87. The van der Waals surface area contributed by atoms with Crippen molar-refractivity contribution in [1.82, 2.24) is 14.8 Å². The molecular formula is C32H39N3O6. The summed E-state index contributed by atoms with van der Waals surface area (Å²) in [4.78, 5) is 31.4. The lowest BCUT2D eigenvalue weighted by Crippen LogP contribution is -2.66. The number of carboxylic acids is 1. The van der Waals surface area contributed by atoms with Crippen LogP contribution in [0.1, 0.15) is 44.1 Å². The van der Waals surface area contributed by atoms with E-state index in [4.69, 9.17) is 9.52 Å². The van der Waals surface area contributed by atoms with E-state index in [0.29, 0.717) is 17.6 Å². The standard InChI is InChI=1S/C19H22N2O.C13H17NO5/c1-2-13-12-21-10-8-14(13)11-18(21)19(22)16-7-9-20-17-6-4-3-5-15(16)17;1-7(13(17)18)11-10(8(2)15)12(16)14(11)6-9-4-3-5-19-9/h2-7,9,13-14,18-19,22H,1,8,10-12H2;3-5,7-8,10-11,15H,6H2,1-2H3,(H,17,18)/t13-,14-,18+,19-;7?,8?,10-,11-/m00/s1. The minimum atomic E-state index is -0.979. The number of hydrogen-bond acceptors (Lipinski definition) is 7. The summed E-state index contributed by atoms with van der Waals surface area (Å²) in [5, 5.41) is 30.8. The normalized spacial score (nSPS) is 29.2. The molecule has 3 aromatic rings. The first-order valence-electron chi connectivity index (χ1n) is 14.3. The van der Waals surface area contributed by atoms with E-state index in [2.05, 4.69) is 28.6 Å². The minimum absolute atomic E-state index is 0.223. The van der Waals surface area contributed by atoms with Crippen LogP contribution in [-0.4, -0.2) is 73.3 Å². The third-order valence-corrected chi connectivity index (χ3v) is 9.14. The molecule has 4 aliphatic rings. The zero-order valence-corrected chi connectivity index (χ0v) is 23.5. The first-order valence-corrected chi connectivity index (χ1v) is 14.3. The van der Waals surface area contributed by atoms with Crippen LogP contribution < -0.4 is 0 Å². The highest BCUT2D eigenvalue weighted by molar-refractivity contribution is 5.89. The summed E-state index contributed by atoms with van der Waals surface area (Å²) in [6.45, 7) is 9.40. The summed E-state index contributed by atoms with van der Waals surface area (Å²) < 4.78 is 5.17. The van der Waals surface area contributed by atoms with Gasteiger partial charge in [-0.25, -0.2) is 0 Å². The fourth-order valence-corrected chi connectivity index (χ4v) is 6.86. The Morgan fingerprint density at radius 3 is 2.61 bits per heavy atom. The molecule has 9 atom stereocenters. The van der Waals surface area contributed by atoms with Crippen molar-refractivity contribution in [2.75, 3.05) is 13.1 Å². The Bertz CT molecular complexity index is 1370. The van der Waals surface area contributed by atoms with E-state index in [1.54, 1.807) is 19.1 Å². The number of carbonyl (C=O) groups excluding carboxylic acids is 1. The molecule has 4 fully saturated rings. The van der Waals surface area contributed by atoms with E-state index in [9.17, 15) is 19.8 Å². The fraction of sp³-hybridized carbons (Fsp3) is 0.469. The Morgan fingerprint density at radius 2 is 1.98 bits per heavy atom. The van der Waals surface area contributed by atoms with Crippen molar-refractivity contribution in [3.8, 4) is 0 Å². The molecule has 218 valence electrons. The van der Waals surface area contributed by atoms with Crippen molar-refractivity contribution < 1.29 is 29.3 Å². The van der Waals surface area contributed by atoms with Gasteiger partial charge in [0.1, 0.15) is 5.76 Å². The van der Waals surface area contributed by atoms with E-state index in [1.807, 2.05) is 30.5 Å². The molecule has 6 heterocycles. The maximum atomic E-state index is 12.0. The van der Waals surface area contributed by atoms with E-state index in [1.165, 1.54) is 24.5 Å². The van der Waals surface area contributed by atoms with Crippen LogP contribution in [0, 0.1) is 23.7 Å². The van der Waals surface area contributed by atoms with E-state index < -0.39 is 36.1 Å². The van der Waals surface area contributed by atoms with Crippen LogP contribution in [0.5, 0.6) is 0 Å². The van der Waals surface area contributed by atoms with E-state index in [0.717, 1.165) is 36.0 Å². The fourth-order valence-electron chi connectivity index (χ4n) is 6.86. The van der Waals surface area contributed by atoms with Gasteiger partial charge in [0.15, 0.2) is 0 Å². The molecule has 2 aromatic heterocycles. The first kappa shape index (κ1) is 29.0. The number of pyridine rings is 1. The second-order valence-corrected chi connectivity index (χ2v) is 11.5. The maximum Gasteiger partial charge on any atom is 0.308 e. The average molecular weight is 562 g/mol. The van der Waals surface area contributed by atoms with Gasteiger partial charge >= 0.3 is 5.97 Å². The van der Waals surface area contributed by atoms with Gasteiger partial charge in [-0.05, 0) is 74.9 Å². The summed E-state index contributed by atoms with van der Waals surface area (Å²) in [5.41, 5.74) is 1.97. The Balaban J connectivity index is 0.000000167. The number of amides is 1. The van der Waals surface area contributed by atoms with Gasteiger partial charge in [-0.15, -0.1) is 6.58 Å². The summed E-state index contributed by atoms with van der Waals surface area (Å²) in [7, 11) is 0. The van der Waals surface area contributed by atoms with Crippen LogP contribution in [0.3, 0.4) is 0 Å². The number of aliphatic carboxylic acids is 1. The molecule has 2 bridgehead atoms. The number of aliphatic hydroxyl groups excluding tert-OH is 2. The molecule has 9 heteroatoms. The SMILES string of the molecule is C=C[C@H]1CN2CC[C@H]1C[C@@H]2[C@@H](O)c1ccnc2ccccc12.CC(O)[C@@H]1C(=O)N(Cc2ccco2)[C@H]1C(C)C(=O)O. The molecule has 3 unspecified atom stereocenters. The number of benzene rings is 1. The Hall–Kier alpha value is -3.53. The molecule has 7 rings (SSSR count). The Kier molecular flexibility index (Phi) is 8.58. The summed E-state index contributed by atoms with van der Waals surface area (Å²) in [5.74, 6) is -0.730. The summed E-state index contributed by atoms with van der Waals surface area (Å²) in [6.07, 6.45) is 6.41. The van der Waals surface area contributed by atoms with Crippen LogP contribution in [-0.2, 0) is 16.1 Å². The van der Waals surface area contributed by atoms with Gasteiger partial charge in [-0.1, -0.05) is 24.3 Å². The topological polar surface area (TPSA) is 127 Å². The lowest BCUT2D eigenvalue weighted by molar-refractivity contribution is -0.174. The molecule has 0 radical (unpaired) electrons. The number of piperidine rings is 3. The molecule has 41 heavy (non-hydrogen) atoms. The lowest BCUT2D eigenvalue weighted by atomic mass is 9.73. The number of aromatic nitrogens is 1. The van der Waals surface area contributed by atoms with Crippen molar-refractivity contribution in [3.63, 3.8) is 0 Å². The zero-order chi connectivity index (χ0) is 29.3. The highest BCUT2D eigenvalue weighted by Gasteiger charge is 2.53. The molecule has 4 aliphatic heterocycles. The molecule has 9 nitrogen and oxygen atoms in total. The first-order chi connectivity index (χ1) is 19.7. The van der Waals surface area contributed by atoms with Gasteiger partial charge < -0.3 is 24.6 Å². The van der Waals surface area contributed by atoms with Crippen molar-refractivity contribution in [3.05, 3.63) is 78.9 Å². The molecule has 0 aliphatic carbocycles. The van der Waals surface area contributed by atoms with Gasteiger partial charge in [-0.3, -0.25) is 19.5 Å². The Morgan fingerprint density at radius 1 is 1.20 bits per heavy atom. The summed E-state index contributed by atoms with van der Waals surface area (Å²) >= 11 is 0. The number of rotatable bonds is 8. The number of furan rings is 1. The number of carboxylic acid groups (broad SMARTS) is 1. The number of aliphatic hydroxyl groups is 2. The molecule has 1 aromatic carbocycles. The number of nitrogens with zero attached hydrogens (tertiary/aromatic N) is 3. The predicted molar refractivity (Wildman–Crippen MR) is 153 cm³/mol. The highest BCUT2D eigenvalue weighted by Crippen LogP contribution is 2.42. The van der Waals surface area contributed by atoms with Crippen molar-refractivity contribution in [1.29, 1.82) is 0 Å². The Labute approximate surface area is 240 Å². The van der Waals surface area contributed by atoms with Crippen molar-refractivity contribution >= 4 is 22.8 Å². The second kappa shape index (κ2) is 12.1. The zero-order valence-electron chi connectivity index (χ0n) is 23.5. The smallest absolute Gasteiger partial charge is 0.308 e. The third-order valence-electron chi connectivity index (χ3n) is 9.14. The van der Waals surface area contributed by atoms with E-state index >= 15 is 0 Å².